The van der Waals surface area contributed by atoms with Gasteiger partial charge in [-0.3, -0.25) is 9.59 Å². The van der Waals surface area contributed by atoms with Gasteiger partial charge in [-0.1, -0.05) is 36.4 Å². The fourth-order valence-corrected chi connectivity index (χ4v) is 2.92. The number of phenolic OH excluding ortho intramolecular Hbond substituents is 1. The van der Waals surface area contributed by atoms with E-state index in [0.29, 0.717) is 11.1 Å². The number of aromatic hydroxyl groups is 1. The Balaban J connectivity index is 2.08. The van der Waals surface area contributed by atoms with Crippen LogP contribution >= 0.6 is 0 Å². The molecule has 4 rings (SSSR count). The number of phenols is 1. The summed E-state index contributed by atoms with van der Waals surface area (Å²) in [4.78, 5) is 24.0. The molecular weight excluding hydrogens is 264 g/mol. The minimum Gasteiger partial charge on any atom is -0.508 e. The van der Waals surface area contributed by atoms with Gasteiger partial charge in [0.2, 0.25) is 11.6 Å². The fraction of sp³-hybridized carbons (Fsp3) is 0. The van der Waals surface area contributed by atoms with E-state index in [1.54, 1.807) is 30.3 Å². The summed E-state index contributed by atoms with van der Waals surface area (Å²) in [5.74, 6) is -0.660. The number of carbonyl (C=O) groups excluding carboxylic acids is 2. The maximum atomic E-state index is 12.0. The van der Waals surface area contributed by atoms with E-state index in [9.17, 15) is 14.7 Å². The Bertz CT molecular complexity index is 901. The van der Waals surface area contributed by atoms with Gasteiger partial charge in [0.25, 0.3) is 0 Å². The van der Waals surface area contributed by atoms with Crippen molar-refractivity contribution in [3.63, 3.8) is 0 Å². The second kappa shape index (κ2) is 4.03. The molecule has 1 aliphatic rings. The first-order valence-electron chi connectivity index (χ1n) is 6.61. The number of hydrogen-bond donors (Lipinski definition) is 1. The van der Waals surface area contributed by atoms with Gasteiger partial charge < -0.3 is 5.11 Å². The molecule has 0 atom stereocenters. The monoisotopic (exact) mass is 274 g/mol. The van der Waals surface area contributed by atoms with Crippen LogP contribution in [0, 0.1) is 0 Å². The zero-order valence-corrected chi connectivity index (χ0v) is 11.0. The topological polar surface area (TPSA) is 54.4 Å². The van der Waals surface area contributed by atoms with Crippen LogP contribution in [-0.2, 0) is 0 Å². The van der Waals surface area contributed by atoms with Gasteiger partial charge in [-0.2, -0.15) is 0 Å². The first-order chi connectivity index (χ1) is 10.2. The molecule has 0 saturated carbocycles. The molecule has 0 aliphatic heterocycles. The number of carbonyl (C=O) groups is 2. The van der Waals surface area contributed by atoms with E-state index in [4.69, 9.17) is 0 Å². The average Bonchev–Trinajstić information content (AvgIpc) is 2.76. The summed E-state index contributed by atoms with van der Waals surface area (Å²) < 4.78 is 0. The zero-order valence-electron chi connectivity index (χ0n) is 11.0. The molecule has 3 aromatic carbocycles. The minimum absolute atomic E-state index is 0.204. The third-order valence-corrected chi connectivity index (χ3v) is 3.91. The van der Waals surface area contributed by atoms with E-state index >= 15 is 0 Å². The fourth-order valence-electron chi connectivity index (χ4n) is 2.92. The van der Waals surface area contributed by atoms with Crippen molar-refractivity contribution in [3.05, 3.63) is 65.7 Å². The van der Waals surface area contributed by atoms with E-state index in [-0.39, 0.29) is 5.75 Å². The summed E-state index contributed by atoms with van der Waals surface area (Å²) in [6.45, 7) is 0. The molecule has 0 saturated heterocycles. The van der Waals surface area contributed by atoms with Crippen LogP contribution in [0.5, 0.6) is 5.75 Å². The molecule has 3 aromatic rings. The SMILES string of the molecule is O=C1C(=O)c2ccc(-c3ccc(O)cc3)c3cccc1c23. The van der Waals surface area contributed by atoms with Crippen LogP contribution in [0.4, 0.5) is 0 Å². The zero-order chi connectivity index (χ0) is 14.6. The molecular formula is C18H10O3. The summed E-state index contributed by atoms with van der Waals surface area (Å²) >= 11 is 0. The van der Waals surface area contributed by atoms with Gasteiger partial charge >= 0.3 is 0 Å². The summed E-state index contributed by atoms with van der Waals surface area (Å²) in [5.41, 5.74) is 2.84. The number of rotatable bonds is 1. The van der Waals surface area contributed by atoms with Crippen molar-refractivity contribution in [1.82, 2.24) is 0 Å². The Hall–Kier alpha value is -2.94. The highest BCUT2D eigenvalue weighted by molar-refractivity contribution is 6.57. The van der Waals surface area contributed by atoms with Crippen molar-refractivity contribution in [2.24, 2.45) is 0 Å². The lowest BCUT2D eigenvalue weighted by atomic mass is 9.95. The van der Waals surface area contributed by atoms with Gasteiger partial charge in [0.1, 0.15) is 5.75 Å². The van der Waals surface area contributed by atoms with Crippen molar-refractivity contribution < 1.29 is 14.7 Å². The van der Waals surface area contributed by atoms with Crippen molar-refractivity contribution in [3.8, 4) is 16.9 Å². The Morgan fingerprint density at radius 3 is 2.00 bits per heavy atom. The van der Waals surface area contributed by atoms with E-state index < -0.39 is 11.6 Å². The van der Waals surface area contributed by atoms with Crippen LogP contribution in [0.3, 0.4) is 0 Å². The van der Waals surface area contributed by atoms with Gasteiger partial charge in [0, 0.05) is 16.5 Å². The quantitative estimate of drug-likeness (QED) is 0.690. The van der Waals surface area contributed by atoms with Crippen LogP contribution in [0.1, 0.15) is 20.7 Å². The smallest absolute Gasteiger partial charge is 0.234 e. The second-order valence-corrected chi connectivity index (χ2v) is 5.09. The molecule has 0 bridgehead atoms. The molecule has 0 unspecified atom stereocenters. The summed E-state index contributed by atoms with van der Waals surface area (Å²) in [6.07, 6.45) is 0. The Labute approximate surface area is 120 Å². The largest absolute Gasteiger partial charge is 0.508 e. The average molecular weight is 274 g/mol. The van der Waals surface area contributed by atoms with Crippen LogP contribution in [0.2, 0.25) is 0 Å². The van der Waals surface area contributed by atoms with Crippen LogP contribution in [-0.4, -0.2) is 16.7 Å². The number of hydrogen-bond acceptors (Lipinski definition) is 3. The van der Waals surface area contributed by atoms with E-state index in [0.717, 1.165) is 21.9 Å². The molecule has 3 heteroatoms. The Kier molecular flexibility index (Phi) is 2.27. The number of Topliss-reactive ketones (excluding diaryl/α,β-unsaturated/α-hetero) is 2. The second-order valence-electron chi connectivity index (χ2n) is 5.09. The highest BCUT2D eigenvalue weighted by atomic mass is 16.3. The molecule has 0 amide bonds. The highest BCUT2D eigenvalue weighted by Crippen LogP contribution is 2.37. The van der Waals surface area contributed by atoms with Gasteiger partial charge in [-0.25, -0.2) is 0 Å². The summed E-state index contributed by atoms with van der Waals surface area (Å²) in [5, 5.41) is 11.0. The lowest BCUT2D eigenvalue weighted by Crippen LogP contribution is -2.05. The first kappa shape index (κ1) is 11.9. The lowest BCUT2D eigenvalue weighted by Gasteiger charge is -2.08. The van der Waals surface area contributed by atoms with Crippen molar-refractivity contribution in [1.29, 1.82) is 0 Å². The molecule has 3 nitrogen and oxygen atoms in total. The van der Waals surface area contributed by atoms with Crippen LogP contribution < -0.4 is 0 Å². The number of ketones is 2. The first-order valence-corrected chi connectivity index (χ1v) is 6.61. The summed E-state index contributed by atoms with van der Waals surface area (Å²) in [7, 11) is 0. The van der Waals surface area contributed by atoms with E-state index in [2.05, 4.69) is 0 Å². The molecule has 21 heavy (non-hydrogen) atoms. The molecule has 0 heterocycles. The number of benzene rings is 3. The normalized spacial score (nSPS) is 13.1. The minimum atomic E-state index is -0.432. The maximum Gasteiger partial charge on any atom is 0.234 e. The van der Waals surface area contributed by atoms with Crippen LogP contribution in [0.25, 0.3) is 21.9 Å². The van der Waals surface area contributed by atoms with Crippen molar-refractivity contribution in [2.75, 3.05) is 0 Å². The van der Waals surface area contributed by atoms with Gasteiger partial charge in [0.15, 0.2) is 0 Å². The molecule has 0 fully saturated rings. The van der Waals surface area contributed by atoms with Crippen LogP contribution in [0.15, 0.2) is 54.6 Å². The van der Waals surface area contributed by atoms with Crippen molar-refractivity contribution >= 4 is 22.3 Å². The molecule has 1 N–H and O–H groups in total. The predicted molar refractivity (Wildman–Crippen MR) is 79.7 cm³/mol. The van der Waals surface area contributed by atoms with E-state index in [1.165, 1.54) is 0 Å². The highest BCUT2D eigenvalue weighted by Gasteiger charge is 2.31. The third kappa shape index (κ3) is 1.54. The third-order valence-electron chi connectivity index (χ3n) is 3.91. The molecule has 0 aromatic heterocycles. The van der Waals surface area contributed by atoms with Gasteiger partial charge in [-0.15, -0.1) is 0 Å². The summed E-state index contributed by atoms with van der Waals surface area (Å²) in [6, 6.07) is 15.8. The maximum absolute atomic E-state index is 12.0. The Morgan fingerprint density at radius 2 is 1.29 bits per heavy atom. The van der Waals surface area contributed by atoms with Gasteiger partial charge in [0.05, 0.1) is 0 Å². The Morgan fingerprint density at radius 1 is 0.667 bits per heavy atom. The molecule has 0 spiro atoms. The predicted octanol–water partition coefficient (Wildman–Crippen LogP) is 3.59. The van der Waals surface area contributed by atoms with Gasteiger partial charge in [-0.05, 0) is 34.7 Å². The van der Waals surface area contributed by atoms with E-state index in [1.807, 2.05) is 24.3 Å². The van der Waals surface area contributed by atoms with Crippen molar-refractivity contribution in [2.45, 2.75) is 0 Å². The standard InChI is InChI=1S/C18H10O3/c19-11-6-4-10(5-7-11)12-8-9-15-16-13(12)2-1-3-14(16)17(20)18(15)21/h1-9,19H. The molecule has 1 aliphatic carbocycles. The molecule has 100 valence electrons. The molecule has 0 radical (unpaired) electrons. The lowest BCUT2D eigenvalue weighted by molar-refractivity contribution is 0.0825.